The van der Waals surface area contributed by atoms with Gasteiger partial charge in [-0.3, -0.25) is 4.79 Å². The number of ether oxygens (including phenoxy) is 2. The van der Waals surface area contributed by atoms with E-state index in [2.05, 4.69) is 31.3 Å². The normalized spacial score (nSPS) is 24.2. The molecule has 0 spiro atoms. The number of amides is 1. The third kappa shape index (κ3) is 17.3. The first-order chi connectivity index (χ1) is 20.3. The SMILES string of the molecule is CCCCCC/C=C\CCCCCCCC(=O)NC(COC1OC(CO)C(O)C(O)C1O)C(O)CCCCCCCC. The van der Waals surface area contributed by atoms with E-state index in [1.54, 1.807) is 0 Å². The minimum atomic E-state index is -1.55. The molecule has 1 rings (SSSR count). The van der Waals surface area contributed by atoms with E-state index < -0.39 is 49.5 Å². The molecule has 0 aliphatic carbocycles. The first-order valence-corrected chi connectivity index (χ1v) is 16.9. The maximum absolute atomic E-state index is 12.7. The second-order valence-corrected chi connectivity index (χ2v) is 12.0. The van der Waals surface area contributed by atoms with Gasteiger partial charge in [0.25, 0.3) is 0 Å². The molecule has 42 heavy (non-hydrogen) atoms. The smallest absolute Gasteiger partial charge is 0.220 e. The number of nitrogens with one attached hydrogen (secondary N) is 1. The van der Waals surface area contributed by atoms with Crippen LogP contribution >= 0.6 is 0 Å². The van der Waals surface area contributed by atoms with E-state index in [1.165, 1.54) is 57.8 Å². The van der Waals surface area contributed by atoms with Crippen LogP contribution in [0.5, 0.6) is 0 Å². The molecule has 0 aromatic rings. The van der Waals surface area contributed by atoms with Crippen molar-refractivity contribution in [2.24, 2.45) is 0 Å². The molecule has 1 saturated heterocycles. The van der Waals surface area contributed by atoms with E-state index in [-0.39, 0.29) is 12.5 Å². The zero-order valence-electron chi connectivity index (χ0n) is 26.5. The van der Waals surface area contributed by atoms with E-state index >= 15 is 0 Å². The molecule has 6 N–H and O–H groups in total. The maximum Gasteiger partial charge on any atom is 0.220 e. The molecule has 0 aromatic carbocycles. The summed E-state index contributed by atoms with van der Waals surface area (Å²) in [7, 11) is 0. The fraction of sp³-hybridized carbons (Fsp3) is 0.909. The summed E-state index contributed by atoms with van der Waals surface area (Å²) in [4.78, 5) is 12.7. The molecule has 1 amide bonds. The summed E-state index contributed by atoms with van der Waals surface area (Å²) in [5.74, 6) is -0.162. The number of hydrogen-bond acceptors (Lipinski definition) is 8. The summed E-state index contributed by atoms with van der Waals surface area (Å²) in [6.07, 6.45) is 16.8. The standard InChI is InChI=1S/C33H63NO8/c1-3-5-7-9-11-12-13-14-15-16-17-19-21-23-29(37)34-26(27(36)22-20-18-10-8-6-4-2)25-41-33-32(40)31(39)30(38)28(24-35)42-33/h12-13,26-28,30-33,35-36,38-40H,3-11,14-25H2,1-2H3,(H,34,37)/b13-12-. The molecule has 0 saturated carbocycles. The summed E-state index contributed by atoms with van der Waals surface area (Å²) in [6.45, 7) is 3.70. The highest BCUT2D eigenvalue weighted by molar-refractivity contribution is 5.76. The molecule has 9 heteroatoms. The van der Waals surface area contributed by atoms with Crippen LogP contribution in [-0.2, 0) is 14.3 Å². The Hall–Kier alpha value is -1.07. The number of unbranched alkanes of at least 4 members (excludes halogenated alkanes) is 14. The number of carbonyl (C=O) groups excluding carboxylic acids is 1. The summed E-state index contributed by atoms with van der Waals surface area (Å²) in [6, 6.07) is -0.714. The number of allylic oxidation sites excluding steroid dienone is 2. The fourth-order valence-corrected chi connectivity index (χ4v) is 5.27. The Labute approximate surface area is 255 Å². The molecule has 9 nitrogen and oxygen atoms in total. The van der Waals surface area contributed by atoms with E-state index in [0.29, 0.717) is 12.8 Å². The molecule has 7 atom stereocenters. The maximum atomic E-state index is 12.7. The van der Waals surface area contributed by atoms with Gasteiger partial charge in [0, 0.05) is 6.42 Å². The van der Waals surface area contributed by atoms with Gasteiger partial charge in [-0.2, -0.15) is 0 Å². The van der Waals surface area contributed by atoms with Gasteiger partial charge in [-0.1, -0.05) is 103 Å². The second kappa shape index (κ2) is 25.3. The molecule has 1 aliphatic heterocycles. The van der Waals surface area contributed by atoms with Crippen molar-refractivity contribution in [3.05, 3.63) is 12.2 Å². The first-order valence-electron chi connectivity index (χ1n) is 16.9. The van der Waals surface area contributed by atoms with Gasteiger partial charge < -0.3 is 40.3 Å². The largest absolute Gasteiger partial charge is 0.394 e. The Morgan fingerprint density at radius 1 is 0.786 bits per heavy atom. The van der Waals surface area contributed by atoms with Gasteiger partial charge >= 0.3 is 0 Å². The van der Waals surface area contributed by atoms with E-state index in [9.17, 15) is 30.3 Å². The van der Waals surface area contributed by atoms with E-state index in [1.807, 2.05) is 0 Å². The lowest BCUT2D eigenvalue weighted by molar-refractivity contribution is -0.302. The minimum Gasteiger partial charge on any atom is -0.394 e. The third-order valence-electron chi connectivity index (χ3n) is 8.12. The summed E-state index contributed by atoms with van der Waals surface area (Å²) in [5.41, 5.74) is 0. The van der Waals surface area contributed by atoms with Crippen LogP contribution in [0.2, 0.25) is 0 Å². The van der Waals surface area contributed by atoms with Gasteiger partial charge in [0.05, 0.1) is 25.4 Å². The van der Waals surface area contributed by atoms with Crippen molar-refractivity contribution in [3.8, 4) is 0 Å². The average molecular weight is 602 g/mol. The van der Waals surface area contributed by atoms with E-state index in [4.69, 9.17) is 9.47 Å². The fourth-order valence-electron chi connectivity index (χ4n) is 5.27. The predicted molar refractivity (Wildman–Crippen MR) is 166 cm³/mol. The van der Waals surface area contributed by atoms with Gasteiger partial charge in [-0.25, -0.2) is 0 Å². The highest BCUT2D eigenvalue weighted by Gasteiger charge is 2.44. The van der Waals surface area contributed by atoms with Crippen LogP contribution in [-0.4, -0.2) is 87.5 Å². The molecular formula is C33H63NO8. The summed E-state index contributed by atoms with van der Waals surface area (Å²) < 4.78 is 11.1. The van der Waals surface area contributed by atoms with Crippen LogP contribution in [0.25, 0.3) is 0 Å². The van der Waals surface area contributed by atoms with Crippen molar-refractivity contribution < 1.29 is 39.8 Å². The summed E-state index contributed by atoms with van der Waals surface area (Å²) in [5, 5.41) is 53.6. The van der Waals surface area contributed by atoms with Gasteiger partial charge in [0.1, 0.15) is 24.4 Å². The Kier molecular flexibility index (Phi) is 23.4. The molecule has 7 unspecified atom stereocenters. The van der Waals surface area contributed by atoms with Crippen LogP contribution in [0.15, 0.2) is 12.2 Å². The highest BCUT2D eigenvalue weighted by Crippen LogP contribution is 2.22. The lowest BCUT2D eigenvalue weighted by atomic mass is 9.99. The Bertz CT molecular complexity index is 676. The van der Waals surface area contributed by atoms with Gasteiger partial charge in [-0.15, -0.1) is 0 Å². The topological polar surface area (TPSA) is 149 Å². The molecule has 0 aromatic heterocycles. The van der Waals surface area contributed by atoms with Crippen molar-refractivity contribution in [2.45, 2.75) is 179 Å². The molecule has 0 bridgehead atoms. The second-order valence-electron chi connectivity index (χ2n) is 12.0. The number of hydrogen-bond donors (Lipinski definition) is 6. The van der Waals surface area contributed by atoms with Crippen molar-refractivity contribution in [1.82, 2.24) is 5.32 Å². The number of aliphatic hydroxyl groups excluding tert-OH is 5. The Morgan fingerprint density at radius 2 is 1.33 bits per heavy atom. The molecular weight excluding hydrogens is 538 g/mol. The van der Waals surface area contributed by atoms with Gasteiger partial charge in [0.15, 0.2) is 6.29 Å². The molecule has 1 heterocycles. The third-order valence-corrected chi connectivity index (χ3v) is 8.12. The quantitative estimate of drug-likeness (QED) is 0.0620. The predicted octanol–water partition coefficient (Wildman–Crippen LogP) is 4.66. The number of rotatable bonds is 26. The lowest BCUT2D eigenvalue weighted by Gasteiger charge is -2.40. The van der Waals surface area contributed by atoms with Crippen molar-refractivity contribution in [1.29, 1.82) is 0 Å². The molecule has 1 fully saturated rings. The first kappa shape index (κ1) is 39.0. The average Bonchev–Trinajstić information content (AvgIpc) is 2.98. The summed E-state index contributed by atoms with van der Waals surface area (Å²) >= 11 is 0. The number of aliphatic hydroxyl groups is 5. The Balaban J connectivity index is 2.44. The van der Waals surface area contributed by atoms with Crippen LogP contribution < -0.4 is 5.32 Å². The van der Waals surface area contributed by atoms with Crippen LogP contribution in [0.4, 0.5) is 0 Å². The monoisotopic (exact) mass is 601 g/mol. The highest BCUT2D eigenvalue weighted by atomic mass is 16.7. The number of carbonyl (C=O) groups is 1. The molecule has 1 aliphatic rings. The Morgan fingerprint density at radius 3 is 1.95 bits per heavy atom. The van der Waals surface area contributed by atoms with Gasteiger partial charge in [0.2, 0.25) is 5.91 Å². The lowest BCUT2D eigenvalue weighted by Crippen LogP contribution is -2.60. The van der Waals surface area contributed by atoms with Crippen LogP contribution in [0, 0.1) is 0 Å². The molecule has 248 valence electrons. The zero-order chi connectivity index (χ0) is 31.0. The van der Waals surface area contributed by atoms with Gasteiger partial charge in [-0.05, 0) is 38.5 Å². The van der Waals surface area contributed by atoms with Crippen molar-refractivity contribution >= 4 is 5.91 Å². The van der Waals surface area contributed by atoms with Crippen LogP contribution in [0.1, 0.15) is 136 Å². The van der Waals surface area contributed by atoms with Crippen LogP contribution in [0.3, 0.4) is 0 Å². The van der Waals surface area contributed by atoms with Crippen molar-refractivity contribution in [2.75, 3.05) is 13.2 Å². The molecule has 0 radical (unpaired) electrons. The zero-order valence-corrected chi connectivity index (χ0v) is 26.5. The minimum absolute atomic E-state index is 0.141. The van der Waals surface area contributed by atoms with Crippen molar-refractivity contribution in [3.63, 3.8) is 0 Å². The van der Waals surface area contributed by atoms with E-state index in [0.717, 1.165) is 51.4 Å².